The maximum absolute atomic E-state index is 12.7. The van der Waals surface area contributed by atoms with Gasteiger partial charge < -0.3 is 14.2 Å². The normalized spacial score (nSPS) is 12.0. The lowest BCUT2D eigenvalue weighted by molar-refractivity contribution is -0.177. The second kappa shape index (κ2) is 15.5. The highest BCUT2D eigenvalue weighted by atomic mass is 19.4. The third-order valence-corrected chi connectivity index (χ3v) is 7.19. The zero-order valence-electron chi connectivity index (χ0n) is 25.2. The summed E-state index contributed by atoms with van der Waals surface area (Å²) >= 11 is 0. The van der Waals surface area contributed by atoms with Crippen LogP contribution >= 0.6 is 0 Å². The number of halogens is 6. The van der Waals surface area contributed by atoms with Crippen LogP contribution in [0.25, 0.3) is 0 Å². The molecule has 0 aliphatic carbocycles. The molecule has 0 radical (unpaired) electrons. The molecule has 0 amide bonds. The molecule has 0 aromatic heterocycles. The largest absolute Gasteiger partial charge is 0.457 e. The maximum atomic E-state index is 12.7. The van der Waals surface area contributed by atoms with Gasteiger partial charge in [-0.2, -0.15) is 26.3 Å². The van der Waals surface area contributed by atoms with Crippen LogP contribution in [0.3, 0.4) is 0 Å². The van der Waals surface area contributed by atoms with E-state index in [2.05, 4.69) is 13.8 Å². The molecular weight excluding hydrogens is 594 g/mol. The molecule has 0 fully saturated rings. The van der Waals surface area contributed by atoms with Crippen molar-refractivity contribution in [2.45, 2.75) is 65.1 Å². The second-order valence-electron chi connectivity index (χ2n) is 10.9. The number of aryl methyl sites for hydroxylation is 2. The predicted octanol–water partition coefficient (Wildman–Crippen LogP) is 9.94. The fourth-order valence-electron chi connectivity index (χ4n) is 4.83. The first kappa shape index (κ1) is 34.1. The van der Waals surface area contributed by atoms with Crippen LogP contribution in [0.15, 0.2) is 84.9 Å². The summed E-state index contributed by atoms with van der Waals surface area (Å²) < 4.78 is 92.3. The van der Waals surface area contributed by atoms with Crippen molar-refractivity contribution in [2.24, 2.45) is 0 Å². The SMILES string of the molecule is CCc1ccc(Cc2cc(COCC(F)(F)F)ccc2Oc2ccc(COCC(F)(F)F)cc2Cc2ccc(CC)cc2)cc1. The van der Waals surface area contributed by atoms with Crippen molar-refractivity contribution in [3.05, 3.63) is 129 Å². The van der Waals surface area contributed by atoms with Crippen molar-refractivity contribution < 1.29 is 40.6 Å². The van der Waals surface area contributed by atoms with Crippen molar-refractivity contribution in [3.8, 4) is 11.5 Å². The van der Waals surface area contributed by atoms with Gasteiger partial charge in [-0.1, -0.05) is 74.5 Å². The fraction of sp³-hybridized carbons (Fsp3) is 0.333. The minimum atomic E-state index is -4.43. The maximum Gasteiger partial charge on any atom is 0.411 e. The summed E-state index contributed by atoms with van der Waals surface area (Å²) in [5.41, 5.74) is 7.00. The van der Waals surface area contributed by atoms with E-state index >= 15 is 0 Å². The molecule has 0 aliphatic heterocycles. The van der Waals surface area contributed by atoms with Gasteiger partial charge in [0.2, 0.25) is 0 Å². The summed E-state index contributed by atoms with van der Waals surface area (Å²) in [6, 6.07) is 26.5. The zero-order chi connectivity index (χ0) is 32.5. The van der Waals surface area contributed by atoms with Gasteiger partial charge in [0.05, 0.1) is 13.2 Å². The molecule has 4 rings (SSSR count). The summed E-state index contributed by atoms with van der Waals surface area (Å²) in [6.07, 6.45) is -6.15. The van der Waals surface area contributed by atoms with Gasteiger partial charge in [-0.15, -0.1) is 0 Å². The van der Waals surface area contributed by atoms with E-state index in [0.29, 0.717) is 35.5 Å². The first-order valence-electron chi connectivity index (χ1n) is 14.8. The lowest BCUT2D eigenvalue weighted by atomic mass is 9.99. The van der Waals surface area contributed by atoms with Crippen LogP contribution in [-0.2, 0) is 48.4 Å². The third kappa shape index (κ3) is 11.2. The van der Waals surface area contributed by atoms with Gasteiger partial charge in [0.15, 0.2) is 0 Å². The van der Waals surface area contributed by atoms with Crippen molar-refractivity contribution in [3.63, 3.8) is 0 Å². The summed E-state index contributed by atoms with van der Waals surface area (Å²) in [5, 5.41) is 0. The summed E-state index contributed by atoms with van der Waals surface area (Å²) in [6.45, 7) is 1.01. The number of alkyl halides is 6. The number of hydrogen-bond donors (Lipinski definition) is 0. The van der Waals surface area contributed by atoms with E-state index in [1.807, 2.05) is 48.5 Å². The predicted molar refractivity (Wildman–Crippen MR) is 162 cm³/mol. The van der Waals surface area contributed by atoms with E-state index in [-0.39, 0.29) is 13.2 Å². The Labute approximate surface area is 259 Å². The van der Waals surface area contributed by atoms with Crippen LogP contribution in [-0.4, -0.2) is 25.6 Å². The van der Waals surface area contributed by atoms with Crippen LogP contribution < -0.4 is 4.74 Å². The molecule has 0 unspecified atom stereocenters. The highest BCUT2D eigenvalue weighted by Crippen LogP contribution is 2.33. The van der Waals surface area contributed by atoms with Crippen molar-refractivity contribution in [1.82, 2.24) is 0 Å². The Morgan fingerprint density at radius 3 is 1.13 bits per heavy atom. The molecule has 9 heteroatoms. The molecule has 0 saturated carbocycles. The Hall–Kier alpha value is -3.82. The Balaban J connectivity index is 1.64. The number of hydrogen-bond acceptors (Lipinski definition) is 3. The van der Waals surface area contributed by atoms with Crippen LogP contribution in [0.5, 0.6) is 11.5 Å². The second-order valence-corrected chi connectivity index (χ2v) is 10.9. The first-order valence-corrected chi connectivity index (χ1v) is 14.8. The topological polar surface area (TPSA) is 27.7 Å². The van der Waals surface area contributed by atoms with Gasteiger partial charge in [-0.05, 0) is 81.6 Å². The third-order valence-electron chi connectivity index (χ3n) is 7.19. The lowest BCUT2D eigenvalue weighted by Crippen LogP contribution is -2.16. The summed E-state index contributed by atoms with van der Waals surface area (Å²) in [7, 11) is 0. The van der Waals surface area contributed by atoms with Gasteiger partial charge in [0.25, 0.3) is 0 Å². The average molecular weight is 631 g/mol. The monoisotopic (exact) mass is 630 g/mol. The Kier molecular flexibility index (Phi) is 11.7. The van der Waals surface area contributed by atoms with Gasteiger partial charge in [0, 0.05) is 12.8 Å². The highest BCUT2D eigenvalue weighted by molar-refractivity contribution is 5.47. The Morgan fingerprint density at radius 1 is 0.467 bits per heavy atom. The van der Waals surface area contributed by atoms with Gasteiger partial charge in [-0.25, -0.2) is 0 Å². The number of benzene rings is 4. The van der Waals surface area contributed by atoms with Crippen molar-refractivity contribution in [2.75, 3.05) is 13.2 Å². The van der Waals surface area contributed by atoms with Crippen LogP contribution in [0.1, 0.15) is 58.4 Å². The van der Waals surface area contributed by atoms with Crippen LogP contribution in [0, 0.1) is 0 Å². The zero-order valence-corrected chi connectivity index (χ0v) is 25.2. The molecule has 0 atom stereocenters. The van der Waals surface area contributed by atoms with Crippen LogP contribution in [0.4, 0.5) is 26.3 Å². The molecule has 240 valence electrons. The van der Waals surface area contributed by atoms with E-state index in [1.54, 1.807) is 36.4 Å². The van der Waals surface area contributed by atoms with E-state index in [4.69, 9.17) is 14.2 Å². The molecule has 4 aromatic rings. The van der Waals surface area contributed by atoms with E-state index in [9.17, 15) is 26.3 Å². The smallest absolute Gasteiger partial charge is 0.411 e. The molecule has 0 N–H and O–H groups in total. The molecular formula is C36H36F6O3. The number of ether oxygens (including phenoxy) is 3. The Morgan fingerprint density at radius 2 is 0.800 bits per heavy atom. The standard InChI is InChI=1S/C36H36F6O3/c1-3-25-5-9-27(10-6-25)17-31-19-29(21-43-23-35(37,38)39)13-15-33(31)45-34-16-14-30(22-44-24-36(40,41)42)20-32(34)18-28-11-7-26(4-2)8-12-28/h5-16,19-20H,3-4,17-18,21-24H2,1-2H3. The quantitative estimate of drug-likeness (QED) is 0.130. The van der Waals surface area contributed by atoms with Crippen molar-refractivity contribution in [1.29, 1.82) is 0 Å². The minimum Gasteiger partial charge on any atom is -0.457 e. The molecule has 0 bridgehead atoms. The van der Waals surface area contributed by atoms with E-state index < -0.39 is 25.6 Å². The van der Waals surface area contributed by atoms with E-state index in [0.717, 1.165) is 35.1 Å². The lowest BCUT2D eigenvalue weighted by Gasteiger charge is -2.18. The summed E-state index contributed by atoms with van der Waals surface area (Å²) in [5.74, 6) is 1.02. The van der Waals surface area contributed by atoms with Crippen molar-refractivity contribution >= 4 is 0 Å². The van der Waals surface area contributed by atoms with E-state index in [1.165, 1.54) is 11.1 Å². The molecule has 3 nitrogen and oxygen atoms in total. The van der Waals surface area contributed by atoms with Crippen LogP contribution in [0.2, 0.25) is 0 Å². The van der Waals surface area contributed by atoms with Gasteiger partial charge >= 0.3 is 12.4 Å². The fourth-order valence-corrected chi connectivity index (χ4v) is 4.83. The highest BCUT2D eigenvalue weighted by Gasteiger charge is 2.28. The minimum absolute atomic E-state index is 0.215. The average Bonchev–Trinajstić information content (AvgIpc) is 2.99. The van der Waals surface area contributed by atoms with Gasteiger partial charge in [0.1, 0.15) is 24.7 Å². The Bertz CT molecular complexity index is 1400. The number of rotatable bonds is 14. The van der Waals surface area contributed by atoms with Gasteiger partial charge in [-0.3, -0.25) is 0 Å². The molecule has 45 heavy (non-hydrogen) atoms. The summed E-state index contributed by atoms with van der Waals surface area (Å²) in [4.78, 5) is 0. The molecule has 0 aliphatic rings. The molecule has 0 heterocycles. The molecule has 0 saturated heterocycles. The molecule has 0 spiro atoms. The molecule has 4 aromatic carbocycles. The first-order chi connectivity index (χ1) is 21.4.